The van der Waals surface area contributed by atoms with E-state index in [1.807, 2.05) is 77.7 Å². The highest BCUT2D eigenvalue weighted by Crippen LogP contribution is 2.66. The molecule has 6 atom stereocenters. The molecule has 0 aromatic heterocycles. The average Bonchev–Trinajstić information content (AvgIpc) is 3.88. The second-order valence-electron chi connectivity index (χ2n) is 18.8. The van der Waals surface area contributed by atoms with E-state index >= 15 is 19.2 Å². The number of non-ortho nitro benzene ring substituents is 1. The second-order valence-corrected chi connectivity index (χ2v) is 18.8. The Morgan fingerprint density at radius 2 is 1.36 bits per heavy atom. The molecule has 0 saturated carbocycles. The molecule has 376 valence electrons. The van der Waals surface area contributed by atoms with Crippen molar-refractivity contribution in [2.45, 2.75) is 68.4 Å². The summed E-state index contributed by atoms with van der Waals surface area (Å²) in [5, 5.41) is 21.1. The zero-order chi connectivity index (χ0) is 51.3. The molecule has 0 bridgehead atoms. The van der Waals surface area contributed by atoms with E-state index in [1.54, 1.807) is 66.6 Å². The minimum Gasteiger partial charge on any atom is -0.497 e. The van der Waals surface area contributed by atoms with Crippen LogP contribution in [0.15, 0.2) is 152 Å². The van der Waals surface area contributed by atoms with Crippen LogP contribution in [0.1, 0.15) is 89.2 Å². The predicted molar refractivity (Wildman–Crippen MR) is 273 cm³/mol. The first-order valence-electron chi connectivity index (χ1n) is 24.9. The van der Waals surface area contributed by atoms with Gasteiger partial charge in [0, 0.05) is 36.3 Å². The third-order valence-electron chi connectivity index (χ3n) is 14.6. The molecule has 15 heteroatoms. The topological polar surface area (TPSA) is 178 Å². The highest BCUT2D eigenvalue weighted by molar-refractivity contribution is 6.23. The van der Waals surface area contributed by atoms with Crippen molar-refractivity contribution in [2.24, 2.45) is 5.92 Å². The van der Waals surface area contributed by atoms with Crippen molar-refractivity contribution >= 4 is 35.3 Å². The number of ether oxygens (including phenoxy) is 4. The lowest BCUT2D eigenvalue weighted by molar-refractivity contribution is -0.384. The molecule has 4 aliphatic heterocycles. The number of cyclic esters (lactones) is 1. The summed E-state index contributed by atoms with van der Waals surface area (Å²) >= 11 is 0. The minimum absolute atomic E-state index is 0.0249. The maximum atomic E-state index is 16.8. The van der Waals surface area contributed by atoms with Crippen LogP contribution in [0.3, 0.4) is 0 Å². The van der Waals surface area contributed by atoms with Gasteiger partial charge in [0.2, 0.25) is 11.8 Å². The number of methoxy groups -OCH3 is 1. The third-order valence-corrected chi connectivity index (χ3v) is 14.6. The number of imide groups is 1. The number of aliphatic hydroxyl groups excluding tert-OH is 1. The van der Waals surface area contributed by atoms with Gasteiger partial charge >= 0.3 is 12.1 Å². The van der Waals surface area contributed by atoms with Crippen LogP contribution in [0.25, 0.3) is 0 Å². The maximum absolute atomic E-state index is 16.8. The van der Waals surface area contributed by atoms with E-state index in [0.29, 0.717) is 65.2 Å². The number of amides is 3. The molecular weight excluding hydrogens is 941 g/mol. The fraction of sp³-hybridized carbons (Fsp3) is 0.288. The van der Waals surface area contributed by atoms with Crippen LogP contribution in [-0.4, -0.2) is 83.2 Å². The molecule has 3 fully saturated rings. The Morgan fingerprint density at radius 3 is 2.01 bits per heavy atom. The number of likely N-dealkylation sites (tertiary alicyclic amines) is 1. The summed E-state index contributed by atoms with van der Waals surface area (Å²) in [7, 11) is 1.58. The molecule has 6 unspecified atom stereocenters. The molecule has 15 nitrogen and oxygen atoms in total. The summed E-state index contributed by atoms with van der Waals surface area (Å²) in [6.45, 7) is 0.226. The Balaban J connectivity index is 1.23. The minimum atomic E-state index is -2.05. The highest BCUT2D eigenvalue weighted by atomic mass is 16.6. The van der Waals surface area contributed by atoms with Crippen LogP contribution in [0.5, 0.6) is 11.5 Å². The van der Waals surface area contributed by atoms with Gasteiger partial charge in [-0.25, -0.2) is 9.69 Å². The van der Waals surface area contributed by atoms with E-state index in [9.17, 15) is 15.2 Å². The largest absolute Gasteiger partial charge is 0.497 e. The predicted octanol–water partition coefficient (Wildman–Crippen LogP) is 9.17. The van der Waals surface area contributed by atoms with Gasteiger partial charge in [-0.3, -0.25) is 29.4 Å². The molecule has 74 heavy (non-hydrogen) atoms. The Labute approximate surface area is 428 Å². The summed E-state index contributed by atoms with van der Waals surface area (Å²) in [5.41, 5.74) is 1.79. The number of hydrogen-bond acceptors (Lipinski definition) is 12. The first-order valence-corrected chi connectivity index (χ1v) is 24.9. The molecule has 0 aliphatic carbocycles. The summed E-state index contributed by atoms with van der Waals surface area (Å²) in [4.78, 5) is 79.4. The van der Waals surface area contributed by atoms with E-state index in [2.05, 4.69) is 11.8 Å². The summed E-state index contributed by atoms with van der Waals surface area (Å²) < 4.78 is 23.8. The average molecular weight is 995 g/mol. The molecule has 3 amide bonds. The Hall–Kier alpha value is -8.32. The number of morpholine rings is 1. The van der Waals surface area contributed by atoms with Gasteiger partial charge in [-0.05, 0) is 107 Å². The maximum Gasteiger partial charge on any atom is 0.421 e. The van der Waals surface area contributed by atoms with Crippen LogP contribution < -0.4 is 14.4 Å². The van der Waals surface area contributed by atoms with Gasteiger partial charge in [-0.1, -0.05) is 104 Å². The van der Waals surface area contributed by atoms with E-state index in [4.69, 9.17) is 18.9 Å². The third kappa shape index (κ3) is 9.23. The van der Waals surface area contributed by atoms with Crippen molar-refractivity contribution in [3.05, 3.63) is 201 Å². The lowest BCUT2D eigenvalue weighted by Crippen LogP contribution is -2.56. The number of hydrogen-bond donors (Lipinski definition) is 1. The second kappa shape index (κ2) is 21.4. The van der Waals surface area contributed by atoms with Gasteiger partial charge in [0.05, 0.1) is 42.3 Å². The van der Waals surface area contributed by atoms with Crippen LogP contribution in [0.4, 0.5) is 16.2 Å². The fourth-order valence-electron chi connectivity index (χ4n) is 11.3. The number of nitrogens with zero attached hydrogens (tertiary/aromatic N) is 4. The number of benzene rings is 6. The first-order chi connectivity index (χ1) is 36.1. The highest BCUT2D eigenvalue weighted by Gasteiger charge is 2.76. The Kier molecular flexibility index (Phi) is 14.3. The summed E-state index contributed by atoms with van der Waals surface area (Å²) in [5.74, 6) is 4.19. The molecule has 4 heterocycles. The van der Waals surface area contributed by atoms with Crippen LogP contribution in [0.2, 0.25) is 0 Å². The number of carbonyl (C=O) groups excluding carboxylic acids is 4. The number of rotatable bonds is 11. The van der Waals surface area contributed by atoms with E-state index in [1.165, 1.54) is 24.3 Å². The molecule has 6 aromatic rings. The number of aliphatic hydroxyl groups is 1. The number of anilines is 1. The zero-order valence-electron chi connectivity index (χ0n) is 40.7. The molecule has 1 N–H and O–H groups in total. The van der Waals surface area contributed by atoms with Gasteiger partial charge in [-0.2, -0.15) is 0 Å². The molecular formula is C59H54N4O11. The van der Waals surface area contributed by atoms with Gasteiger partial charge in [-0.15, -0.1) is 0 Å². The van der Waals surface area contributed by atoms with Gasteiger partial charge in [0.15, 0.2) is 0 Å². The standard InChI is InChI=1S/C59H54N4O11/c1-71-46-28-21-39(22-29-46)17-18-40-23-32-49-48(37-40)59(57(67)61(49)58(68)73-38-41-19-26-45(27-20-41)63(69)70)50(55(65)60-33-11-3-2-4-12-34-60)52-56(66)74-53(43-15-9-6-10-16-43)51(42-13-7-5-8-14-42)62(52)54(59)44-24-30-47(31-25-44)72-36-35-64/h5-10,13-16,19-32,37,50-54,64H,2-4,11-12,33-36,38H2,1H3. The zero-order valence-corrected chi connectivity index (χ0v) is 40.7. The van der Waals surface area contributed by atoms with Gasteiger partial charge in [0.1, 0.15) is 42.3 Å². The van der Waals surface area contributed by atoms with Crippen molar-refractivity contribution in [1.82, 2.24) is 9.80 Å². The monoisotopic (exact) mass is 994 g/mol. The summed E-state index contributed by atoms with van der Waals surface area (Å²) in [6, 6.07) is 40.5. The van der Waals surface area contributed by atoms with E-state index in [-0.39, 0.29) is 36.8 Å². The van der Waals surface area contributed by atoms with Crippen molar-refractivity contribution in [3.8, 4) is 23.3 Å². The van der Waals surface area contributed by atoms with Crippen molar-refractivity contribution in [3.63, 3.8) is 0 Å². The lowest BCUT2D eigenvalue weighted by atomic mass is 9.64. The molecule has 6 aromatic carbocycles. The normalized spacial score (nSPS) is 22.3. The number of carbonyl (C=O) groups is 4. The van der Waals surface area contributed by atoms with E-state index in [0.717, 1.165) is 29.7 Å². The first kappa shape index (κ1) is 49.3. The smallest absolute Gasteiger partial charge is 0.421 e. The summed E-state index contributed by atoms with van der Waals surface area (Å²) in [6.07, 6.45) is 2.25. The quantitative estimate of drug-likeness (QED) is 0.0564. The molecule has 1 spiro atoms. The Morgan fingerprint density at radius 1 is 0.743 bits per heavy atom. The van der Waals surface area contributed by atoms with Crippen LogP contribution in [-0.2, 0) is 35.9 Å². The van der Waals surface area contributed by atoms with Gasteiger partial charge in [0.25, 0.3) is 5.69 Å². The molecule has 4 aliphatic rings. The van der Waals surface area contributed by atoms with Crippen molar-refractivity contribution < 1.29 is 48.2 Å². The van der Waals surface area contributed by atoms with Crippen molar-refractivity contribution in [2.75, 3.05) is 38.3 Å². The number of nitro benzene ring substituents is 1. The Bertz CT molecular complexity index is 3100. The van der Waals surface area contributed by atoms with Crippen molar-refractivity contribution in [1.29, 1.82) is 0 Å². The van der Waals surface area contributed by atoms with Gasteiger partial charge < -0.3 is 29.0 Å². The SMILES string of the molecule is COc1ccc(C#Cc2ccc3c(c2)C2(C(=O)N3C(=O)OCc3ccc([N+](=O)[O-])cc3)C(C(=O)N3CCCCCCC3)C3C(=O)OC(c4ccccc4)C(c4ccccc4)N3C2c2ccc(OCCO)cc2)cc1. The number of esters is 1. The molecule has 3 saturated heterocycles. The number of fused-ring (bicyclic) bond motifs is 3. The fourth-order valence-corrected chi connectivity index (χ4v) is 11.3. The van der Waals surface area contributed by atoms with E-state index < -0.39 is 64.4 Å². The van der Waals surface area contributed by atoms with Crippen LogP contribution >= 0.6 is 0 Å². The number of nitro groups is 1. The molecule has 10 rings (SSSR count). The van der Waals surface area contributed by atoms with Crippen LogP contribution in [0, 0.1) is 27.9 Å². The molecule has 0 radical (unpaired) electrons. The lowest BCUT2D eigenvalue weighted by Gasteiger charge is -2.46.